The Morgan fingerprint density at radius 3 is 3.07 bits per heavy atom. The minimum absolute atomic E-state index is 0.567. The Balaban J connectivity index is 2.05. The van der Waals surface area contributed by atoms with Crippen molar-refractivity contribution in [2.45, 2.75) is 13.5 Å². The summed E-state index contributed by atoms with van der Waals surface area (Å²) in [6, 6.07) is 3.68. The van der Waals surface area contributed by atoms with Crippen molar-refractivity contribution in [1.82, 2.24) is 10.1 Å². The van der Waals surface area contributed by atoms with Gasteiger partial charge in [-0.1, -0.05) is 5.16 Å². The fourth-order valence-corrected chi connectivity index (χ4v) is 1.29. The Hall–Kier alpha value is -2.04. The van der Waals surface area contributed by atoms with Crippen LogP contribution < -0.4 is 11.1 Å². The van der Waals surface area contributed by atoms with Gasteiger partial charge in [0.1, 0.15) is 5.82 Å². The van der Waals surface area contributed by atoms with Crippen LogP contribution in [0.5, 0.6) is 0 Å². The molecule has 0 aliphatic rings. The van der Waals surface area contributed by atoms with Crippen molar-refractivity contribution in [2.75, 3.05) is 11.1 Å². The number of hydrogen-bond acceptors (Lipinski definition) is 5. The highest BCUT2D eigenvalue weighted by Gasteiger charge is 2.01. The average Bonchev–Trinajstić information content (AvgIpc) is 2.69. The molecular weight excluding hydrogens is 192 g/mol. The summed E-state index contributed by atoms with van der Waals surface area (Å²) in [5, 5.41) is 6.76. The van der Waals surface area contributed by atoms with E-state index in [0.29, 0.717) is 12.2 Å². The molecule has 2 aromatic heterocycles. The van der Waals surface area contributed by atoms with Gasteiger partial charge in [-0.15, -0.1) is 0 Å². The van der Waals surface area contributed by atoms with Crippen molar-refractivity contribution < 1.29 is 4.52 Å². The van der Waals surface area contributed by atoms with E-state index >= 15 is 0 Å². The number of hydrogen-bond donors (Lipinski definition) is 2. The first kappa shape index (κ1) is 9.51. The average molecular weight is 204 g/mol. The Kier molecular flexibility index (Phi) is 2.53. The maximum absolute atomic E-state index is 5.60. The van der Waals surface area contributed by atoms with Gasteiger partial charge in [-0.2, -0.15) is 0 Å². The fraction of sp³-hybridized carbons (Fsp3) is 0.200. The van der Waals surface area contributed by atoms with Gasteiger partial charge in [0, 0.05) is 6.07 Å². The zero-order chi connectivity index (χ0) is 10.7. The number of aryl methyl sites for hydroxylation is 1. The molecule has 15 heavy (non-hydrogen) atoms. The molecule has 2 aromatic rings. The van der Waals surface area contributed by atoms with E-state index in [1.165, 1.54) is 0 Å². The minimum Gasteiger partial charge on any atom is -0.397 e. The molecule has 0 aliphatic heterocycles. The van der Waals surface area contributed by atoms with E-state index in [4.69, 9.17) is 10.3 Å². The molecule has 0 atom stereocenters. The SMILES string of the molecule is Cc1cc(N)cnc1NCc1ccno1. The van der Waals surface area contributed by atoms with E-state index < -0.39 is 0 Å². The van der Waals surface area contributed by atoms with Crippen molar-refractivity contribution in [1.29, 1.82) is 0 Å². The quantitative estimate of drug-likeness (QED) is 0.793. The molecule has 78 valence electrons. The van der Waals surface area contributed by atoms with Crippen LogP contribution in [0.3, 0.4) is 0 Å². The highest BCUT2D eigenvalue weighted by Crippen LogP contribution is 2.14. The van der Waals surface area contributed by atoms with Gasteiger partial charge in [0.15, 0.2) is 5.76 Å². The third-order valence-corrected chi connectivity index (χ3v) is 2.02. The molecule has 0 aliphatic carbocycles. The van der Waals surface area contributed by atoms with Crippen molar-refractivity contribution in [3.05, 3.63) is 35.9 Å². The number of rotatable bonds is 3. The molecule has 0 radical (unpaired) electrons. The van der Waals surface area contributed by atoms with Crippen LogP contribution in [0.1, 0.15) is 11.3 Å². The lowest BCUT2D eigenvalue weighted by atomic mass is 10.2. The zero-order valence-corrected chi connectivity index (χ0v) is 8.40. The monoisotopic (exact) mass is 204 g/mol. The second-order valence-electron chi connectivity index (χ2n) is 3.27. The van der Waals surface area contributed by atoms with Gasteiger partial charge in [0.25, 0.3) is 0 Å². The Labute approximate surface area is 87.3 Å². The molecule has 0 unspecified atom stereocenters. The third-order valence-electron chi connectivity index (χ3n) is 2.02. The third kappa shape index (κ3) is 2.25. The second kappa shape index (κ2) is 4.00. The largest absolute Gasteiger partial charge is 0.397 e. The number of pyridine rings is 1. The van der Waals surface area contributed by atoms with Gasteiger partial charge < -0.3 is 15.6 Å². The second-order valence-corrected chi connectivity index (χ2v) is 3.27. The number of nitrogens with one attached hydrogen (secondary N) is 1. The molecule has 3 N–H and O–H groups in total. The van der Waals surface area contributed by atoms with Crippen LogP contribution in [-0.4, -0.2) is 10.1 Å². The molecule has 0 amide bonds. The summed E-state index contributed by atoms with van der Waals surface area (Å²) < 4.78 is 4.95. The fourth-order valence-electron chi connectivity index (χ4n) is 1.29. The van der Waals surface area contributed by atoms with Crippen molar-refractivity contribution in [3.8, 4) is 0 Å². The molecule has 5 heteroatoms. The molecule has 0 bridgehead atoms. The number of aromatic nitrogens is 2. The predicted molar refractivity (Wildman–Crippen MR) is 57.2 cm³/mol. The van der Waals surface area contributed by atoms with Gasteiger partial charge in [-0.3, -0.25) is 0 Å². The molecule has 2 heterocycles. The Morgan fingerprint density at radius 2 is 2.40 bits per heavy atom. The lowest BCUT2D eigenvalue weighted by Gasteiger charge is -2.06. The van der Waals surface area contributed by atoms with E-state index in [9.17, 15) is 0 Å². The van der Waals surface area contributed by atoms with Crippen molar-refractivity contribution in [2.24, 2.45) is 0 Å². The van der Waals surface area contributed by atoms with Crippen molar-refractivity contribution >= 4 is 11.5 Å². The van der Waals surface area contributed by atoms with Gasteiger partial charge in [0.05, 0.1) is 24.6 Å². The molecular formula is C10H12N4O. The van der Waals surface area contributed by atoms with Crippen LogP contribution in [0.15, 0.2) is 29.0 Å². The van der Waals surface area contributed by atoms with Crippen LogP contribution in [0.25, 0.3) is 0 Å². The normalized spacial score (nSPS) is 10.2. The zero-order valence-electron chi connectivity index (χ0n) is 8.40. The molecule has 0 spiro atoms. The summed E-state index contributed by atoms with van der Waals surface area (Å²) in [6.07, 6.45) is 3.23. The van der Waals surface area contributed by atoms with Crippen LogP contribution in [0.4, 0.5) is 11.5 Å². The highest BCUT2D eigenvalue weighted by molar-refractivity contribution is 5.50. The summed E-state index contributed by atoms with van der Waals surface area (Å²) in [6.45, 7) is 2.52. The smallest absolute Gasteiger partial charge is 0.155 e. The van der Waals surface area contributed by atoms with E-state index in [2.05, 4.69) is 15.5 Å². The number of nitrogens with two attached hydrogens (primary N) is 1. The Bertz CT molecular complexity index is 439. The van der Waals surface area contributed by atoms with Crippen LogP contribution in [-0.2, 0) is 6.54 Å². The van der Waals surface area contributed by atoms with Gasteiger partial charge in [-0.25, -0.2) is 4.98 Å². The standard InChI is InChI=1S/C10H12N4O/c1-7-4-8(11)5-12-10(7)13-6-9-2-3-14-15-9/h2-5H,6,11H2,1H3,(H,12,13). The first-order valence-electron chi connectivity index (χ1n) is 4.61. The molecule has 0 aromatic carbocycles. The predicted octanol–water partition coefficient (Wildman–Crippen LogP) is 1.57. The van der Waals surface area contributed by atoms with Gasteiger partial charge in [0.2, 0.25) is 0 Å². The van der Waals surface area contributed by atoms with Crippen LogP contribution in [0.2, 0.25) is 0 Å². The van der Waals surface area contributed by atoms with Crippen molar-refractivity contribution in [3.63, 3.8) is 0 Å². The minimum atomic E-state index is 0.567. The first-order chi connectivity index (χ1) is 7.25. The number of nitrogens with zero attached hydrogens (tertiary/aromatic N) is 2. The summed E-state index contributed by atoms with van der Waals surface area (Å²) >= 11 is 0. The summed E-state index contributed by atoms with van der Waals surface area (Å²) in [5.74, 6) is 1.58. The van der Waals surface area contributed by atoms with Gasteiger partial charge in [-0.05, 0) is 18.6 Å². The maximum atomic E-state index is 5.60. The Morgan fingerprint density at radius 1 is 1.53 bits per heavy atom. The first-order valence-corrected chi connectivity index (χ1v) is 4.61. The summed E-state index contributed by atoms with van der Waals surface area (Å²) in [7, 11) is 0. The van der Waals surface area contributed by atoms with E-state index in [-0.39, 0.29) is 0 Å². The highest BCUT2D eigenvalue weighted by atomic mass is 16.5. The van der Waals surface area contributed by atoms with Gasteiger partial charge >= 0.3 is 0 Å². The van der Waals surface area contributed by atoms with E-state index in [0.717, 1.165) is 17.1 Å². The number of nitrogen functional groups attached to an aromatic ring is 1. The van der Waals surface area contributed by atoms with Crippen LogP contribution >= 0.6 is 0 Å². The van der Waals surface area contributed by atoms with Crippen LogP contribution in [0, 0.1) is 6.92 Å². The topological polar surface area (TPSA) is 77.0 Å². The maximum Gasteiger partial charge on any atom is 0.155 e. The molecule has 5 nitrogen and oxygen atoms in total. The lowest BCUT2D eigenvalue weighted by Crippen LogP contribution is -2.03. The summed E-state index contributed by atoms with van der Waals surface area (Å²) in [5.41, 5.74) is 7.27. The van der Waals surface area contributed by atoms with E-state index in [1.807, 2.05) is 13.0 Å². The van der Waals surface area contributed by atoms with E-state index in [1.54, 1.807) is 18.5 Å². The lowest BCUT2D eigenvalue weighted by molar-refractivity contribution is 0.388. The molecule has 0 saturated carbocycles. The molecule has 0 fully saturated rings. The molecule has 0 saturated heterocycles. The summed E-state index contributed by atoms with van der Waals surface area (Å²) in [4.78, 5) is 4.18. The molecule has 2 rings (SSSR count). The number of anilines is 2.